The van der Waals surface area contributed by atoms with E-state index in [1.165, 1.54) is 4.31 Å². The summed E-state index contributed by atoms with van der Waals surface area (Å²) in [7, 11) is -3.30. The quantitative estimate of drug-likeness (QED) is 0.789. The maximum Gasteiger partial charge on any atom is 0.242 e. The Morgan fingerprint density at radius 2 is 2.13 bits per heavy atom. The molecular weight excluding hydrogens is 322 g/mol. The SMILES string of the molecule is CCOC(C)c1noc(CN2CC3(CCOCC3)CS2(=O)=O)n1. The van der Waals surface area contributed by atoms with Gasteiger partial charge in [0.2, 0.25) is 15.9 Å². The highest BCUT2D eigenvalue weighted by atomic mass is 32.2. The maximum absolute atomic E-state index is 12.5. The van der Waals surface area contributed by atoms with Crippen molar-refractivity contribution in [2.75, 3.05) is 32.1 Å². The molecule has 1 aromatic heterocycles. The van der Waals surface area contributed by atoms with Crippen LogP contribution in [0.1, 0.15) is 44.5 Å². The van der Waals surface area contributed by atoms with Crippen LogP contribution < -0.4 is 0 Å². The highest BCUT2D eigenvalue weighted by Crippen LogP contribution is 2.40. The van der Waals surface area contributed by atoms with E-state index in [-0.39, 0.29) is 23.8 Å². The molecule has 2 aliphatic heterocycles. The van der Waals surface area contributed by atoms with E-state index in [2.05, 4.69) is 10.1 Å². The summed E-state index contributed by atoms with van der Waals surface area (Å²) in [6.45, 7) is 6.15. The second kappa shape index (κ2) is 6.46. The first kappa shape index (κ1) is 16.8. The fraction of sp³-hybridized carbons (Fsp3) is 0.857. The minimum Gasteiger partial charge on any atom is -0.381 e. The Morgan fingerprint density at radius 1 is 1.39 bits per heavy atom. The average Bonchev–Trinajstić information content (AvgIpc) is 3.04. The molecule has 2 fully saturated rings. The lowest BCUT2D eigenvalue weighted by Gasteiger charge is -2.31. The van der Waals surface area contributed by atoms with Gasteiger partial charge in [-0.05, 0) is 26.7 Å². The fourth-order valence-corrected chi connectivity index (χ4v) is 5.34. The van der Waals surface area contributed by atoms with Crippen LogP contribution in [0, 0.1) is 5.41 Å². The van der Waals surface area contributed by atoms with Crippen LogP contribution in [0.15, 0.2) is 4.52 Å². The van der Waals surface area contributed by atoms with Crippen molar-refractivity contribution in [2.45, 2.75) is 39.3 Å². The smallest absolute Gasteiger partial charge is 0.242 e. The molecule has 0 aliphatic carbocycles. The van der Waals surface area contributed by atoms with Gasteiger partial charge >= 0.3 is 0 Å². The summed E-state index contributed by atoms with van der Waals surface area (Å²) in [5.74, 6) is 0.929. The molecule has 0 saturated carbocycles. The molecule has 0 N–H and O–H groups in total. The fourth-order valence-electron chi connectivity index (χ4n) is 3.23. The maximum atomic E-state index is 12.5. The number of hydrogen-bond donors (Lipinski definition) is 0. The lowest BCUT2D eigenvalue weighted by Crippen LogP contribution is -2.34. The zero-order valence-electron chi connectivity index (χ0n) is 13.5. The Kier molecular flexibility index (Phi) is 4.73. The summed E-state index contributed by atoms with van der Waals surface area (Å²) < 4.78 is 42.3. The average molecular weight is 345 g/mol. The molecule has 9 heteroatoms. The highest BCUT2D eigenvalue weighted by molar-refractivity contribution is 7.89. The third kappa shape index (κ3) is 3.57. The number of hydrogen-bond acceptors (Lipinski definition) is 7. The van der Waals surface area contributed by atoms with Gasteiger partial charge in [0.25, 0.3) is 0 Å². The Hall–Kier alpha value is -1.03. The summed E-state index contributed by atoms with van der Waals surface area (Å²) in [6.07, 6.45) is 1.28. The Balaban J connectivity index is 1.70. The lowest BCUT2D eigenvalue weighted by atomic mass is 9.82. The summed E-state index contributed by atoms with van der Waals surface area (Å²) in [5.41, 5.74) is -0.196. The molecule has 2 aliphatic rings. The molecule has 1 spiro atoms. The van der Waals surface area contributed by atoms with Crippen molar-refractivity contribution in [2.24, 2.45) is 5.41 Å². The van der Waals surface area contributed by atoms with Gasteiger partial charge in [0.05, 0.1) is 12.3 Å². The minimum absolute atomic E-state index is 0.122. The number of ether oxygens (including phenoxy) is 2. The normalized spacial score (nSPS) is 25.0. The highest BCUT2D eigenvalue weighted by Gasteiger charge is 2.48. The predicted molar refractivity (Wildman–Crippen MR) is 81.0 cm³/mol. The first-order chi connectivity index (χ1) is 10.9. The Morgan fingerprint density at radius 3 is 2.83 bits per heavy atom. The number of aromatic nitrogens is 2. The van der Waals surface area contributed by atoms with E-state index in [4.69, 9.17) is 14.0 Å². The Bertz CT molecular complexity index is 639. The molecule has 2 saturated heterocycles. The second-order valence-electron chi connectivity index (χ2n) is 6.28. The van der Waals surface area contributed by atoms with Crippen LogP contribution in [0.25, 0.3) is 0 Å². The van der Waals surface area contributed by atoms with Crippen molar-refractivity contribution in [1.82, 2.24) is 14.4 Å². The number of nitrogens with zero attached hydrogens (tertiary/aromatic N) is 3. The Labute approximate surface area is 136 Å². The zero-order chi connectivity index (χ0) is 16.5. The van der Waals surface area contributed by atoms with E-state index in [1.807, 2.05) is 13.8 Å². The van der Waals surface area contributed by atoms with Crippen LogP contribution in [-0.2, 0) is 26.0 Å². The molecule has 0 bridgehead atoms. The second-order valence-corrected chi connectivity index (χ2v) is 8.25. The monoisotopic (exact) mass is 345 g/mol. The number of sulfonamides is 1. The van der Waals surface area contributed by atoms with Crippen molar-refractivity contribution < 1.29 is 22.4 Å². The van der Waals surface area contributed by atoms with E-state index in [0.29, 0.717) is 38.1 Å². The van der Waals surface area contributed by atoms with E-state index in [9.17, 15) is 8.42 Å². The first-order valence-electron chi connectivity index (χ1n) is 7.94. The van der Waals surface area contributed by atoms with Crippen LogP contribution in [0.3, 0.4) is 0 Å². The van der Waals surface area contributed by atoms with Gasteiger partial charge in [-0.2, -0.15) is 9.29 Å². The molecule has 3 heterocycles. The standard InChI is InChI=1S/C14H23N3O5S/c1-3-21-11(2)13-15-12(22-16-13)8-17-9-14(10-23(17,18)19)4-6-20-7-5-14/h11H,3-10H2,1-2H3. The molecule has 0 radical (unpaired) electrons. The van der Waals surface area contributed by atoms with Crippen molar-refractivity contribution >= 4 is 10.0 Å². The van der Waals surface area contributed by atoms with Gasteiger partial charge in [0.1, 0.15) is 6.10 Å². The molecular formula is C14H23N3O5S. The summed E-state index contributed by atoms with van der Waals surface area (Å²) in [6, 6.07) is 0. The van der Waals surface area contributed by atoms with Crippen LogP contribution in [0.2, 0.25) is 0 Å². The van der Waals surface area contributed by atoms with E-state index < -0.39 is 10.0 Å². The predicted octanol–water partition coefficient (Wildman–Crippen LogP) is 1.11. The molecule has 0 aromatic carbocycles. The molecule has 23 heavy (non-hydrogen) atoms. The molecule has 1 aromatic rings. The van der Waals surface area contributed by atoms with Gasteiger partial charge in [-0.1, -0.05) is 5.16 Å². The van der Waals surface area contributed by atoms with Crippen LogP contribution in [0.5, 0.6) is 0 Å². The van der Waals surface area contributed by atoms with Crippen LogP contribution >= 0.6 is 0 Å². The van der Waals surface area contributed by atoms with Crippen LogP contribution in [0.4, 0.5) is 0 Å². The van der Waals surface area contributed by atoms with Gasteiger partial charge in [-0.15, -0.1) is 0 Å². The summed E-state index contributed by atoms with van der Waals surface area (Å²) in [5, 5.41) is 3.88. The molecule has 1 unspecified atom stereocenters. The van der Waals surface area contributed by atoms with Crippen LogP contribution in [-0.4, -0.2) is 55.0 Å². The van der Waals surface area contributed by atoms with Gasteiger partial charge in [-0.25, -0.2) is 8.42 Å². The molecule has 8 nitrogen and oxygen atoms in total. The van der Waals surface area contributed by atoms with Gasteiger partial charge in [0, 0.05) is 31.8 Å². The minimum atomic E-state index is -3.30. The van der Waals surface area contributed by atoms with Gasteiger partial charge < -0.3 is 14.0 Å². The topological polar surface area (TPSA) is 94.8 Å². The van der Waals surface area contributed by atoms with Crippen molar-refractivity contribution in [3.05, 3.63) is 11.7 Å². The van der Waals surface area contributed by atoms with E-state index in [0.717, 1.165) is 12.8 Å². The van der Waals surface area contributed by atoms with E-state index >= 15 is 0 Å². The van der Waals surface area contributed by atoms with Crippen molar-refractivity contribution in [1.29, 1.82) is 0 Å². The third-order valence-electron chi connectivity index (χ3n) is 4.52. The third-order valence-corrected chi connectivity index (χ3v) is 6.55. The van der Waals surface area contributed by atoms with Gasteiger partial charge in [-0.3, -0.25) is 0 Å². The van der Waals surface area contributed by atoms with E-state index in [1.54, 1.807) is 0 Å². The zero-order valence-corrected chi connectivity index (χ0v) is 14.3. The number of rotatable bonds is 5. The lowest BCUT2D eigenvalue weighted by molar-refractivity contribution is 0.0238. The summed E-state index contributed by atoms with van der Waals surface area (Å²) >= 11 is 0. The molecule has 1 atom stereocenters. The molecule has 130 valence electrons. The van der Waals surface area contributed by atoms with Crippen molar-refractivity contribution in [3.8, 4) is 0 Å². The van der Waals surface area contributed by atoms with Crippen molar-refractivity contribution in [3.63, 3.8) is 0 Å². The first-order valence-corrected chi connectivity index (χ1v) is 9.55. The largest absolute Gasteiger partial charge is 0.381 e. The molecule has 0 amide bonds. The summed E-state index contributed by atoms with van der Waals surface area (Å²) in [4.78, 5) is 4.26. The molecule has 3 rings (SSSR count). The van der Waals surface area contributed by atoms with Gasteiger partial charge in [0.15, 0.2) is 5.82 Å².